The SMILES string of the molecule is O=C(/C=C/c1ccc(C(=O)NC2CC2)cc1)Nc1cc(Cl)ccc1N1CCOCC1. The molecule has 2 aromatic carbocycles. The van der Waals surface area contributed by atoms with Crippen LogP contribution in [0.15, 0.2) is 48.5 Å². The molecule has 1 aliphatic heterocycles. The predicted octanol–water partition coefficient (Wildman–Crippen LogP) is 3.72. The van der Waals surface area contributed by atoms with Gasteiger partial charge in [-0.1, -0.05) is 23.7 Å². The first kappa shape index (κ1) is 20.4. The monoisotopic (exact) mass is 425 g/mol. The molecule has 2 N–H and O–H groups in total. The van der Waals surface area contributed by atoms with Crippen molar-refractivity contribution in [2.24, 2.45) is 0 Å². The number of anilines is 2. The summed E-state index contributed by atoms with van der Waals surface area (Å²) >= 11 is 6.14. The molecule has 2 fully saturated rings. The molecule has 1 aliphatic carbocycles. The topological polar surface area (TPSA) is 70.7 Å². The Kier molecular flexibility index (Phi) is 6.35. The number of halogens is 1. The van der Waals surface area contributed by atoms with Gasteiger partial charge in [-0.2, -0.15) is 0 Å². The van der Waals surface area contributed by atoms with Crippen molar-refractivity contribution in [2.75, 3.05) is 36.5 Å². The summed E-state index contributed by atoms with van der Waals surface area (Å²) in [5.41, 5.74) is 3.06. The Morgan fingerprint density at radius 2 is 1.80 bits per heavy atom. The molecule has 0 aromatic heterocycles. The molecule has 0 bridgehead atoms. The van der Waals surface area contributed by atoms with E-state index >= 15 is 0 Å². The average Bonchev–Trinajstić information content (AvgIpc) is 3.57. The number of benzene rings is 2. The molecule has 0 unspecified atom stereocenters. The van der Waals surface area contributed by atoms with Gasteiger partial charge in [-0.25, -0.2) is 0 Å². The average molecular weight is 426 g/mol. The molecule has 2 aromatic rings. The number of carbonyl (C=O) groups excluding carboxylic acids is 2. The lowest BCUT2D eigenvalue weighted by Crippen LogP contribution is -2.36. The van der Waals surface area contributed by atoms with Crippen LogP contribution in [0, 0.1) is 0 Å². The lowest BCUT2D eigenvalue weighted by molar-refractivity contribution is -0.111. The highest BCUT2D eigenvalue weighted by Crippen LogP contribution is 2.30. The van der Waals surface area contributed by atoms with E-state index in [9.17, 15) is 9.59 Å². The molecular formula is C23H24ClN3O3. The van der Waals surface area contributed by atoms with Crippen LogP contribution in [-0.2, 0) is 9.53 Å². The van der Waals surface area contributed by atoms with Crippen molar-refractivity contribution in [3.8, 4) is 0 Å². The fourth-order valence-corrected chi connectivity index (χ4v) is 3.45. The number of morpholine rings is 1. The van der Waals surface area contributed by atoms with Crippen LogP contribution in [0.3, 0.4) is 0 Å². The van der Waals surface area contributed by atoms with Crippen LogP contribution >= 0.6 is 11.6 Å². The highest BCUT2D eigenvalue weighted by atomic mass is 35.5. The maximum Gasteiger partial charge on any atom is 0.251 e. The standard InChI is InChI=1S/C23H24ClN3O3/c24-18-6-9-21(27-11-13-30-14-12-27)20(15-18)26-22(28)10-3-16-1-4-17(5-2-16)23(29)25-19-7-8-19/h1-6,9-10,15,19H,7-8,11-14H2,(H,25,29)(H,26,28)/b10-3+. The van der Waals surface area contributed by atoms with Crippen molar-refractivity contribution in [1.82, 2.24) is 5.32 Å². The van der Waals surface area contributed by atoms with Crippen LogP contribution in [-0.4, -0.2) is 44.2 Å². The molecule has 1 saturated carbocycles. The van der Waals surface area contributed by atoms with Gasteiger partial charge in [-0.3, -0.25) is 9.59 Å². The van der Waals surface area contributed by atoms with Gasteiger partial charge in [0.1, 0.15) is 0 Å². The van der Waals surface area contributed by atoms with Gasteiger partial charge < -0.3 is 20.3 Å². The lowest BCUT2D eigenvalue weighted by atomic mass is 10.1. The Balaban J connectivity index is 1.40. The molecule has 1 heterocycles. The molecule has 1 saturated heterocycles. The van der Waals surface area contributed by atoms with E-state index in [1.54, 1.807) is 24.3 Å². The zero-order valence-corrected chi connectivity index (χ0v) is 17.3. The van der Waals surface area contributed by atoms with E-state index in [-0.39, 0.29) is 11.8 Å². The van der Waals surface area contributed by atoms with E-state index in [4.69, 9.17) is 16.3 Å². The van der Waals surface area contributed by atoms with E-state index in [0.717, 1.165) is 37.2 Å². The van der Waals surface area contributed by atoms with Crippen LogP contribution < -0.4 is 15.5 Å². The quantitative estimate of drug-likeness (QED) is 0.692. The minimum atomic E-state index is -0.248. The van der Waals surface area contributed by atoms with Crippen LogP contribution in [0.25, 0.3) is 6.08 Å². The highest BCUT2D eigenvalue weighted by molar-refractivity contribution is 6.31. The van der Waals surface area contributed by atoms with Gasteiger partial charge in [0, 0.05) is 35.8 Å². The van der Waals surface area contributed by atoms with Gasteiger partial charge in [-0.05, 0) is 54.8 Å². The van der Waals surface area contributed by atoms with Crippen molar-refractivity contribution >= 4 is 40.9 Å². The van der Waals surface area contributed by atoms with Crippen molar-refractivity contribution in [2.45, 2.75) is 18.9 Å². The van der Waals surface area contributed by atoms with Gasteiger partial charge in [-0.15, -0.1) is 0 Å². The van der Waals surface area contributed by atoms with Gasteiger partial charge in [0.15, 0.2) is 0 Å². The van der Waals surface area contributed by atoms with Crippen molar-refractivity contribution < 1.29 is 14.3 Å². The fraction of sp³-hybridized carbons (Fsp3) is 0.304. The summed E-state index contributed by atoms with van der Waals surface area (Å²) < 4.78 is 5.41. The number of hydrogen-bond acceptors (Lipinski definition) is 4. The van der Waals surface area contributed by atoms with Crippen molar-refractivity contribution in [1.29, 1.82) is 0 Å². The zero-order chi connectivity index (χ0) is 20.9. The van der Waals surface area contributed by atoms with Gasteiger partial charge in [0.05, 0.1) is 24.6 Å². The van der Waals surface area contributed by atoms with Crippen LogP contribution in [0.1, 0.15) is 28.8 Å². The maximum atomic E-state index is 12.5. The first-order chi connectivity index (χ1) is 14.6. The molecule has 0 radical (unpaired) electrons. The molecule has 6 nitrogen and oxygen atoms in total. The molecule has 2 aliphatic rings. The Bertz CT molecular complexity index is 949. The number of ether oxygens (including phenoxy) is 1. The van der Waals surface area contributed by atoms with Crippen molar-refractivity contribution in [3.63, 3.8) is 0 Å². The van der Waals surface area contributed by atoms with Crippen LogP contribution in [0.4, 0.5) is 11.4 Å². The lowest BCUT2D eigenvalue weighted by Gasteiger charge is -2.30. The molecule has 156 valence electrons. The van der Waals surface area contributed by atoms with Crippen LogP contribution in [0.2, 0.25) is 5.02 Å². The van der Waals surface area contributed by atoms with Gasteiger partial charge in [0.25, 0.3) is 5.91 Å². The Morgan fingerprint density at radius 1 is 1.07 bits per heavy atom. The minimum Gasteiger partial charge on any atom is -0.378 e. The Labute approximate surface area is 180 Å². The number of carbonyl (C=O) groups is 2. The van der Waals surface area contributed by atoms with Gasteiger partial charge in [0.2, 0.25) is 5.91 Å². The summed E-state index contributed by atoms with van der Waals surface area (Å²) in [5.74, 6) is -0.301. The number of nitrogens with one attached hydrogen (secondary N) is 2. The summed E-state index contributed by atoms with van der Waals surface area (Å²) in [6, 6.07) is 13.0. The highest BCUT2D eigenvalue weighted by Gasteiger charge is 2.23. The molecule has 4 rings (SSSR count). The Morgan fingerprint density at radius 3 is 2.50 bits per heavy atom. The molecule has 30 heavy (non-hydrogen) atoms. The first-order valence-corrected chi connectivity index (χ1v) is 10.5. The third-order valence-corrected chi connectivity index (χ3v) is 5.32. The van der Waals surface area contributed by atoms with E-state index in [0.29, 0.717) is 35.5 Å². The number of rotatable bonds is 6. The summed E-state index contributed by atoms with van der Waals surface area (Å²) in [6.45, 7) is 2.84. The second-order valence-corrected chi connectivity index (χ2v) is 7.89. The minimum absolute atomic E-state index is 0.0534. The Hall–Kier alpha value is -2.83. The van der Waals surface area contributed by atoms with Gasteiger partial charge >= 0.3 is 0 Å². The summed E-state index contributed by atoms with van der Waals surface area (Å²) in [5, 5.41) is 6.44. The van der Waals surface area contributed by atoms with E-state index in [1.165, 1.54) is 6.08 Å². The van der Waals surface area contributed by atoms with Crippen LogP contribution in [0.5, 0.6) is 0 Å². The molecule has 0 atom stereocenters. The molecule has 2 amide bonds. The number of hydrogen-bond donors (Lipinski definition) is 2. The zero-order valence-electron chi connectivity index (χ0n) is 16.6. The molecular weight excluding hydrogens is 402 g/mol. The second-order valence-electron chi connectivity index (χ2n) is 7.45. The summed E-state index contributed by atoms with van der Waals surface area (Å²) in [6.07, 6.45) is 5.31. The van der Waals surface area contributed by atoms with E-state index in [2.05, 4.69) is 15.5 Å². The predicted molar refractivity (Wildman–Crippen MR) is 119 cm³/mol. The maximum absolute atomic E-state index is 12.5. The summed E-state index contributed by atoms with van der Waals surface area (Å²) in [4.78, 5) is 26.7. The first-order valence-electron chi connectivity index (χ1n) is 10.1. The fourth-order valence-electron chi connectivity index (χ4n) is 3.28. The largest absolute Gasteiger partial charge is 0.378 e. The third kappa shape index (κ3) is 5.40. The second kappa shape index (κ2) is 9.32. The number of amides is 2. The third-order valence-electron chi connectivity index (χ3n) is 5.08. The summed E-state index contributed by atoms with van der Waals surface area (Å²) in [7, 11) is 0. The number of nitrogens with zero attached hydrogens (tertiary/aromatic N) is 1. The molecule has 7 heteroatoms. The van der Waals surface area contributed by atoms with Crippen molar-refractivity contribution in [3.05, 3.63) is 64.7 Å². The normalized spacial score (nSPS) is 16.5. The van der Waals surface area contributed by atoms with E-state index < -0.39 is 0 Å². The smallest absolute Gasteiger partial charge is 0.251 e. The molecule has 0 spiro atoms. The van der Waals surface area contributed by atoms with E-state index in [1.807, 2.05) is 24.3 Å².